The van der Waals surface area contributed by atoms with Crippen LogP contribution in [0.2, 0.25) is 0 Å². The third-order valence-corrected chi connectivity index (χ3v) is 3.99. The van der Waals surface area contributed by atoms with Gasteiger partial charge >= 0.3 is 0 Å². The molecule has 0 aliphatic carbocycles. The van der Waals surface area contributed by atoms with Crippen molar-refractivity contribution in [2.24, 2.45) is 0 Å². The van der Waals surface area contributed by atoms with Crippen molar-refractivity contribution >= 4 is 11.6 Å². The number of imidazole rings is 1. The predicted molar refractivity (Wildman–Crippen MR) is 98.7 cm³/mol. The molecule has 0 fully saturated rings. The van der Waals surface area contributed by atoms with Gasteiger partial charge in [0.05, 0.1) is 16.7 Å². The van der Waals surface area contributed by atoms with Crippen LogP contribution >= 0.6 is 0 Å². The largest absolute Gasteiger partial charge is 0.484 e. The van der Waals surface area contributed by atoms with Crippen molar-refractivity contribution in [3.8, 4) is 11.4 Å². The highest BCUT2D eigenvalue weighted by molar-refractivity contribution is 5.77. The molecular formula is C19H17FN4O4. The SMILES string of the molecule is Cc1nccn1-c1ccc(CNC(=O)COc2cccc([N+](=O)[O-])c2)cc1F. The smallest absolute Gasteiger partial charge is 0.273 e. The average molecular weight is 384 g/mol. The molecule has 3 aromatic rings. The molecule has 28 heavy (non-hydrogen) atoms. The Labute approximate surface area is 159 Å². The topological polar surface area (TPSA) is 99.3 Å². The van der Waals surface area contributed by atoms with Crippen molar-refractivity contribution in [3.63, 3.8) is 0 Å². The molecule has 0 atom stereocenters. The highest BCUT2D eigenvalue weighted by Gasteiger charge is 2.10. The first-order valence-electron chi connectivity index (χ1n) is 8.37. The summed E-state index contributed by atoms with van der Waals surface area (Å²) >= 11 is 0. The van der Waals surface area contributed by atoms with E-state index in [4.69, 9.17) is 4.74 Å². The van der Waals surface area contributed by atoms with E-state index in [1.54, 1.807) is 36.0 Å². The number of nitro benzene ring substituents is 1. The Kier molecular flexibility index (Phi) is 5.64. The molecule has 0 bridgehead atoms. The minimum absolute atomic E-state index is 0.122. The molecule has 9 heteroatoms. The summed E-state index contributed by atoms with van der Waals surface area (Å²) in [6, 6.07) is 10.2. The van der Waals surface area contributed by atoms with Crippen LogP contribution in [-0.2, 0) is 11.3 Å². The molecule has 0 saturated heterocycles. The van der Waals surface area contributed by atoms with Crippen LogP contribution in [0.3, 0.4) is 0 Å². The third-order valence-electron chi connectivity index (χ3n) is 3.99. The third kappa shape index (κ3) is 4.50. The van der Waals surface area contributed by atoms with Gasteiger partial charge in [-0.3, -0.25) is 14.9 Å². The van der Waals surface area contributed by atoms with E-state index < -0.39 is 16.6 Å². The summed E-state index contributed by atoms with van der Waals surface area (Å²) in [5.74, 6) is 0.0239. The molecule has 1 amide bonds. The number of amides is 1. The van der Waals surface area contributed by atoms with Crippen LogP contribution in [0.5, 0.6) is 5.75 Å². The zero-order valence-corrected chi connectivity index (χ0v) is 15.0. The second kappa shape index (κ2) is 8.30. The van der Waals surface area contributed by atoms with Gasteiger partial charge in [-0.15, -0.1) is 0 Å². The molecule has 1 heterocycles. The Hall–Kier alpha value is -3.75. The van der Waals surface area contributed by atoms with Crippen molar-refractivity contribution in [2.75, 3.05) is 6.61 Å². The molecule has 0 saturated carbocycles. The van der Waals surface area contributed by atoms with Crippen molar-refractivity contribution in [1.82, 2.24) is 14.9 Å². The number of carbonyl (C=O) groups is 1. The fourth-order valence-electron chi connectivity index (χ4n) is 2.58. The monoisotopic (exact) mass is 384 g/mol. The number of hydrogen-bond acceptors (Lipinski definition) is 5. The molecule has 0 unspecified atom stereocenters. The molecular weight excluding hydrogens is 367 g/mol. The van der Waals surface area contributed by atoms with E-state index in [0.29, 0.717) is 17.1 Å². The fraction of sp³-hybridized carbons (Fsp3) is 0.158. The lowest BCUT2D eigenvalue weighted by molar-refractivity contribution is -0.384. The summed E-state index contributed by atoms with van der Waals surface area (Å²) < 4.78 is 21.2. The maximum Gasteiger partial charge on any atom is 0.273 e. The lowest BCUT2D eigenvalue weighted by Crippen LogP contribution is -2.28. The van der Waals surface area contributed by atoms with Gasteiger partial charge in [-0.05, 0) is 30.7 Å². The molecule has 144 valence electrons. The molecule has 0 spiro atoms. The molecule has 1 aromatic heterocycles. The summed E-state index contributed by atoms with van der Waals surface area (Å²) in [5, 5.41) is 13.3. The number of non-ortho nitro benzene ring substituents is 1. The van der Waals surface area contributed by atoms with E-state index in [9.17, 15) is 19.3 Å². The van der Waals surface area contributed by atoms with Gasteiger partial charge in [0, 0.05) is 25.0 Å². The van der Waals surface area contributed by atoms with Crippen LogP contribution in [-0.4, -0.2) is 27.0 Å². The number of hydrogen-bond donors (Lipinski definition) is 1. The number of aromatic nitrogens is 2. The normalized spacial score (nSPS) is 10.5. The van der Waals surface area contributed by atoms with Crippen LogP contribution < -0.4 is 10.1 Å². The quantitative estimate of drug-likeness (QED) is 0.499. The van der Waals surface area contributed by atoms with E-state index in [1.165, 1.54) is 30.3 Å². The fourth-order valence-corrected chi connectivity index (χ4v) is 2.58. The molecule has 8 nitrogen and oxygen atoms in total. The number of carbonyl (C=O) groups excluding carboxylic acids is 1. The van der Waals surface area contributed by atoms with Gasteiger partial charge in [0.1, 0.15) is 17.4 Å². The summed E-state index contributed by atoms with van der Waals surface area (Å²) in [4.78, 5) is 26.2. The molecule has 0 aliphatic heterocycles. The second-order valence-corrected chi connectivity index (χ2v) is 5.95. The maximum absolute atomic E-state index is 14.3. The van der Waals surface area contributed by atoms with E-state index in [2.05, 4.69) is 10.3 Å². The first-order valence-corrected chi connectivity index (χ1v) is 8.37. The zero-order chi connectivity index (χ0) is 20.1. The van der Waals surface area contributed by atoms with Gasteiger partial charge in [-0.1, -0.05) is 12.1 Å². The Bertz CT molecular complexity index is 1020. The summed E-state index contributed by atoms with van der Waals surface area (Å²) in [7, 11) is 0. The first-order chi connectivity index (χ1) is 13.4. The minimum atomic E-state index is -0.545. The highest BCUT2D eigenvalue weighted by Crippen LogP contribution is 2.19. The van der Waals surface area contributed by atoms with Crippen LogP contribution in [0, 0.1) is 22.9 Å². The number of rotatable bonds is 7. The number of nitrogens with one attached hydrogen (secondary N) is 1. The standard InChI is InChI=1S/C19H17FN4O4/c1-13-21-7-8-23(13)18-6-5-14(9-17(18)20)11-22-19(25)12-28-16-4-2-3-15(10-16)24(26)27/h2-10H,11-12H2,1H3,(H,22,25). The Morgan fingerprint density at radius 3 is 2.82 bits per heavy atom. The van der Waals surface area contributed by atoms with E-state index >= 15 is 0 Å². The maximum atomic E-state index is 14.3. The lowest BCUT2D eigenvalue weighted by Gasteiger charge is -2.10. The van der Waals surface area contributed by atoms with E-state index in [-0.39, 0.29) is 24.6 Å². The van der Waals surface area contributed by atoms with Crippen LogP contribution in [0.15, 0.2) is 54.9 Å². The summed E-state index contributed by atoms with van der Waals surface area (Å²) in [6.45, 7) is 1.59. The van der Waals surface area contributed by atoms with Gasteiger partial charge in [0.15, 0.2) is 6.61 Å². The minimum Gasteiger partial charge on any atom is -0.484 e. The molecule has 0 aliphatic rings. The van der Waals surface area contributed by atoms with Crippen molar-refractivity contribution in [2.45, 2.75) is 13.5 Å². The lowest BCUT2D eigenvalue weighted by atomic mass is 10.2. The average Bonchev–Trinajstić information content (AvgIpc) is 3.10. The highest BCUT2D eigenvalue weighted by atomic mass is 19.1. The number of aryl methyl sites for hydroxylation is 1. The van der Waals surface area contributed by atoms with Gasteiger partial charge in [0.2, 0.25) is 0 Å². The molecule has 1 N–H and O–H groups in total. The van der Waals surface area contributed by atoms with Gasteiger partial charge in [-0.2, -0.15) is 0 Å². The van der Waals surface area contributed by atoms with Crippen LogP contribution in [0.4, 0.5) is 10.1 Å². The Balaban J connectivity index is 1.55. The zero-order valence-electron chi connectivity index (χ0n) is 15.0. The number of benzene rings is 2. The number of halogens is 1. The van der Waals surface area contributed by atoms with Crippen LogP contribution in [0.25, 0.3) is 5.69 Å². The summed E-state index contributed by atoms with van der Waals surface area (Å²) in [6.07, 6.45) is 3.25. The molecule has 3 rings (SSSR count). The van der Waals surface area contributed by atoms with Gasteiger partial charge < -0.3 is 14.6 Å². The predicted octanol–water partition coefficient (Wildman–Crippen LogP) is 2.92. The van der Waals surface area contributed by atoms with Gasteiger partial charge in [0.25, 0.3) is 11.6 Å². The van der Waals surface area contributed by atoms with Crippen LogP contribution in [0.1, 0.15) is 11.4 Å². The molecule has 0 radical (unpaired) electrons. The van der Waals surface area contributed by atoms with E-state index in [1.807, 2.05) is 0 Å². The second-order valence-electron chi connectivity index (χ2n) is 5.95. The number of nitrogens with zero attached hydrogens (tertiary/aromatic N) is 3. The Morgan fingerprint density at radius 1 is 1.32 bits per heavy atom. The van der Waals surface area contributed by atoms with Gasteiger partial charge in [-0.25, -0.2) is 9.37 Å². The first kappa shape index (κ1) is 19.0. The molecule has 2 aromatic carbocycles. The summed E-state index contributed by atoms with van der Waals surface area (Å²) in [5.41, 5.74) is 0.836. The number of ether oxygens (including phenoxy) is 1. The van der Waals surface area contributed by atoms with E-state index in [0.717, 1.165) is 0 Å². The van der Waals surface area contributed by atoms with Crippen molar-refractivity contribution in [3.05, 3.63) is 82.2 Å². The number of nitro groups is 1. The Morgan fingerprint density at radius 2 is 2.14 bits per heavy atom. The van der Waals surface area contributed by atoms with Crippen molar-refractivity contribution < 1.29 is 18.8 Å². The van der Waals surface area contributed by atoms with Crippen molar-refractivity contribution in [1.29, 1.82) is 0 Å².